The number of benzene rings is 2. The van der Waals surface area contributed by atoms with Crippen LogP contribution in [0.1, 0.15) is 32.3 Å². The fourth-order valence-corrected chi connectivity index (χ4v) is 4.94. The summed E-state index contributed by atoms with van der Waals surface area (Å²) in [7, 11) is -2.13. The van der Waals surface area contributed by atoms with Gasteiger partial charge in [-0.15, -0.1) is 0 Å². The first-order valence-corrected chi connectivity index (χ1v) is 13.7. The minimum Gasteiger partial charge on any atom is -0.497 e. The van der Waals surface area contributed by atoms with Gasteiger partial charge >= 0.3 is 0 Å². The van der Waals surface area contributed by atoms with Crippen LogP contribution >= 0.6 is 23.2 Å². The smallest absolute Gasteiger partial charge is 0.242 e. The van der Waals surface area contributed by atoms with Gasteiger partial charge in [-0.25, -0.2) is 8.42 Å². The van der Waals surface area contributed by atoms with E-state index in [1.54, 1.807) is 39.2 Å². The molecule has 2 amide bonds. The summed E-state index contributed by atoms with van der Waals surface area (Å²) in [6.07, 6.45) is 1.31. The number of nitrogens with zero attached hydrogens (tertiary/aromatic N) is 2. The van der Waals surface area contributed by atoms with Gasteiger partial charge in [0.15, 0.2) is 0 Å². The summed E-state index contributed by atoms with van der Waals surface area (Å²) in [6, 6.07) is 11.1. The molecule has 0 fully saturated rings. The van der Waals surface area contributed by atoms with Crippen LogP contribution in [0.25, 0.3) is 0 Å². The second kappa shape index (κ2) is 13.0. The lowest BCUT2D eigenvalue weighted by molar-refractivity contribution is -0.140. The van der Waals surface area contributed by atoms with Crippen LogP contribution in [0.3, 0.4) is 0 Å². The van der Waals surface area contributed by atoms with Crippen LogP contribution in [-0.2, 0) is 26.2 Å². The van der Waals surface area contributed by atoms with Gasteiger partial charge in [0, 0.05) is 31.1 Å². The Morgan fingerprint density at radius 3 is 2.49 bits per heavy atom. The Labute approximate surface area is 217 Å². The number of hydrogen-bond donors (Lipinski definition) is 1. The van der Waals surface area contributed by atoms with Gasteiger partial charge in [0.25, 0.3) is 0 Å². The molecule has 0 aliphatic heterocycles. The lowest BCUT2D eigenvalue weighted by atomic mass is 10.1. The maximum atomic E-state index is 13.2. The molecule has 0 radical (unpaired) electrons. The molecule has 1 atom stereocenters. The van der Waals surface area contributed by atoms with Crippen molar-refractivity contribution in [2.24, 2.45) is 0 Å². The van der Waals surface area contributed by atoms with Gasteiger partial charge in [-0.3, -0.25) is 13.9 Å². The number of halogens is 2. The zero-order chi connectivity index (χ0) is 26.2. The molecule has 0 unspecified atom stereocenters. The van der Waals surface area contributed by atoms with Crippen LogP contribution in [0.5, 0.6) is 5.75 Å². The highest BCUT2D eigenvalue weighted by Crippen LogP contribution is 2.31. The maximum Gasteiger partial charge on any atom is 0.242 e. The summed E-state index contributed by atoms with van der Waals surface area (Å²) >= 11 is 12.3. The van der Waals surface area contributed by atoms with E-state index in [0.717, 1.165) is 16.1 Å². The van der Waals surface area contributed by atoms with Crippen molar-refractivity contribution >= 4 is 50.7 Å². The van der Waals surface area contributed by atoms with E-state index in [2.05, 4.69) is 5.32 Å². The van der Waals surface area contributed by atoms with E-state index in [1.165, 1.54) is 17.0 Å². The van der Waals surface area contributed by atoms with Crippen molar-refractivity contribution in [3.63, 3.8) is 0 Å². The third-order valence-corrected chi connectivity index (χ3v) is 7.07. The molecule has 8 nitrogen and oxygen atoms in total. The third-order valence-electron chi connectivity index (χ3n) is 5.33. The van der Waals surface area contributed by atoms with Crippen LogP contribution in [0.4, 0.5) is 5.69 Å². The molecule has 0 bridgehead atoms. The van der Waals surface area contributed by atoms with Crippen LogP contribution in [-0.4, -0.2) is 57.6 Å². The topological polar surface area (TPSA) is 96.0 Å². The van der Waals surface area contributed by atoms with Crippen molar-refractivity contribution in [3.8, 4) is 5.75 Å². The van der Waals surface area contributed by atoms with Crippen LogP contribution in [0.15, 0.2) is 42.5 Å². The number of methoxy groups -OCH3 is 1. The Balaban J connectivity index is 2.21. The predicted octanol–water partition coefficient (Wildman–Crippen LogP) is 4.10. The molecule has 2 aromatic carbocycles. The number of carbonyl (C=O) groups is 2. The quantitative estimate of drug-likeness (QED) is 0.434. The number of nitrogens with one attached hydrogen (secondary N) is 1. The van der Waals surface area contributed by atoms with Gasteiger partial charge in [0.1, 0.15) is 11.8 Å². The maximum absolute atomic E-state index is 13.2. The fourth-order valence-electron chi connectivity index (χ4n) is 3.53. The van der Waals surface area contributed by atoms with E-state index in [-0.39, 0.29) is 48.5 Å². The Bertz CT molecular complexity index is 1140. The fraction of sp³-hybridized carbons (Fsp3) is 0.417. The molecule has 2 rings (SSSR count). The number of anilines is 1. The lowest BCUT2D eigenvalue weighted by Gasteiger charge is -2.29. The largest absolute Gasteiger partial charge is 0.497 e. The number of likely N-dealkylation sites (N-methyl/N-ethyl adjacent to an activating group) is 1. The molecule has 1 N–H and O–H groups in total. The molecular weight excluding hydrogens is 513 g/mol. The highest BCUT2D eigenvalue weighted by molar-refractivity contribution is 7.92. The van der Waals surface area contributed by atoms with Gasteiger partial charge in [-0.2, -0.15) is 0 Å². The first-order valence-electron chi connectivity index (χ1n) is 11.1. The zero-order valence-electron chi connectivity index (χ0n) is 20.3. The first kappa shape index (κ1) is 28.7. The van der Waals surface area contributed by atoms with Crippen molar-refractivity contribution in [1.82, 2.24) is 10.2 Å². The van der Waals surface area contributed by atoms with Gasteiger partial charge in [-0.1, -0.05) is 35.3 Å². The molecular formula is C24H31Cl2N3O5S. The lowest BCUT2D eigenvalue weighted by Crippen LogP contribution is -2.47. The molecule has 0 saturated carbocycles. The van der Waals surface area contributed by atoms with Crippen LogP contribution in [0.2, 0.25) is 10.0 Å². The van der Waals surface area contributed by atoms with Crippen molar-refractivity contribution in [1.29, 1.82) is 0 Å². The molecule has 192 valence electrons. The summed E-state index contributed by atoms with van der Waals surface area (Å²) in [5.41, 5.74) is 1.05. The van der Waals surface area contributed by atoms with Crippen LogP contribution in [0, 0.1) is 0 Å². The molecule has 0 aliphatic rings. The molecule has 0 spiro atoms. The Morgan fingerprint density at radius 1 is 1.14 bits per heavy atom. The Morgan fingerprint density at radius 2 is 1.86 bits per heavy atom. The van der Waals surface area contributed by atoms with E-state index < -0.39 is 16.1 Å². The zero-order valence-corrected chi connectivity index (χ0v) is 22.6. The molecule has 2 aromatic rings. The first-order chi connectivity index (χ1) is 16.5. The van der Waals surface area contributed by atoms with Gasteiger partial charge in [0.2, 0.25) is 21.8 Å². The minimum atomic E-state index is -3.68. The number of ether oxygens (including phenoxy) is 1. The standard InChI is InChI=1S/C24H31Cl2N3O5S/c1-5-27-24(31)17(2)28(16-18-8-6-9-20(14-18)34-3)23(30)10-7-13-29(35(4,32)33)22-15-19(25)11-12-21(22)26/h6,8-9,11-12,14-15,17H,5,7,10,13,16H2,1-4H3,(H,27,31)/t17-/m1/s1. The Hall–Kier alpha value is -2.49. The van der Waals surface area contributed by atoms with Crippen molar-refractivity contribution in [2.45, 2.75) is 39.3 Å². The highest BCUT2D eigenvalue weighted by Gasteiger charge is 2.27. The monoisotopic (exact) mass is 543 g/mol. The minimum absolute atomic E-state index is 0.0210. The SMILES string of the molecule is CCNC(=O)[C@@H](C)N(Cc1cccc(OC)c1)C(=O)CCCN(c1cc(Cl)ccc1Cl)S(C)(=O)=O. The van der Waals surface area contributed by atoms with Crippen molar-refractivity contribution in [3.05, 3.63) is 58.1 Å². The number of carbonyl (C=O) groups excluding carboxylic acids is 2. The molecule has 35 heavy (non-hydrogen) atoms. The van der Waals surface area contributed by atoms with E-state index in [0.29, 0.717) is 17.3 Å². The summed E-state index contributed by atoms with van der Waals surface area (Å²) in [5.74, 6) is 0.0900. The van der Waals surface area contributed by atoms with Gasteiger partial charge in [0.05, 0.1) is 24.1 Å². The normalized spacial score (nSPS) is 12.1. The van der Waals surface area contributed by atoms with E-state index in [9.17, 15) is 18.0 Å². The second-order valence-corrected chi connectivity index (χ2v) is 10.7. The van der Waals surface area contributed by atoms with E-state index >= 15 is 0 Å². The molecule has 0 saturated heterocycles. The number of amides is 2. The van der Waals surface area contributed by atoms with E-state index in [1.807, 2.05) is 12.1 Å². The molecule has 0 aromatic heterocycles. The second-order valence-electron chi connectivity index (χ2n) is 7.98. The van der Waals surface area contributed by atoms with Gasteiger partial charge in [-0.05, 0) is 56.2 Å². The van der Waals surface area contributed by atoms with Crippen molar-refractivity contribution < 1.29 is 22.7 Å². The summed E-state index contributed by atoms with van der Waals surface area (Å²) in [4.78, 5) is 27.2. The summed E-state index contributed by atoms with van der Waals surface area (Å²) < 4.78 is 31.3. The molecule has 0 heterocycles. The number of sulfonamides is 1. The molecule has 0 aliphatic carbocycles. The molecule has 11 heteroatoms. The van der Waals surface area contributed by atoms with E-state index in [4.69, 9.17) is 27.9 Å². The van der Waals surface area contributed by atoms with Gasteiger partial charge < -0.3 is 15.0 Å². The van der Waals surface area contributed by atoms with Crippen molar-refractivity contribution in [2.75, 3.05) is 30.8 Å². The van der Waals surface area contributed by atoms with Crippen LogP contribution < -0.4 is 14.4 Å². The average molecular weight is 545 g/mol. The number of hydrogen-bond acceptors (Lipinski definition) is 5. The summed E-state index contributed by atoms with van der Waals surface area (Å²) in [5, 5.41) is 3.32. The Kier molecular flexibility index (Phi) is 10.7. The third kappa shape index (κ3) is 8.30. The summed E-state index contributed by atoms with van der Waals surface area (Å²) in [6.45, 7) is 4.13. The average Bonchev–Trinajstić information content (AvgIpc) is 2.81. The number of rotatable bonds is 12. The predicted molar refractivity (Wildman–Crippen MR) is 140 cm³/mol. The highest BCUT2D eigenvalue weighted by atomic mass is 35.5.